The van der Waals surface area contributed by atoms with Crippen molar-refractivity contribution in [2.75, 3.05) is 20.3 Å². The fourth-order valence-corrected chi connectivity index (χ4v) is 1.89. The summed E-state index contributed by atoms with van der Waals surface area (Å²) in [4.78, 5) is 10.4. The van der Waals surface area contributed by atoms with Gasteiger partial charge in [-0.3, -0.25) is 10.1 Å². The maximum Gasteiger partial charge on any atom is 0.310 e. The molecule has 0 fully saturated rings. The molecule has 0 unspecified atom stereocenters. The van der Waals surface area contributed by atoms with Crippen LogP contribution >= 0.6 is 0 Å². The molecule has 0 heterocycles. The second-order valence-corrected chi connectivity index (χ2v) is 4.43. The normalized spacial score (nSPS) is 10.0. The van der Waals surface area contributed by atoms with Crippen LogP contribution < -0.4 is 14.2 Å². The van der Waals surface area contributed by atoms with E-state index in [-0.39, 0.29) is 11.4 Å². The summed E-state index contributed by atoms with van der Waals surface area (Å²) in [5.74, 6) is 1.60. The number of ether oxygens (including phenoxy) is 3. The molecule has 6 nitrogen and oxygen atoms in total. The molecule has 0 aliphatic rings. The Morgan fingerprint density at radius 2 is 1.45 bits per heavy atom. The molecular weight excluding hydrogens is 286 g/mol. The smallest absolute Gasteiger partial charge is 0.310 e. The SMILES string of the molecule is COc1ccccc1OCCCOc1ccccc1[N+](=O)[O-]. The average Bonchev–Trinajstić information content (AvgIpc) is 2.55. The van der Waals surface area contributed by atoms with Crippen molar-refractivity contribution in [2.45, 2.75) is 6.42 Å². The maximum atomic E-state index is 10.9. The highest BCUT2D eigenvalue weighted by molar-refractivity contribution is 5.45. The van der Waals surface area contributed by atoms with E-state index in [2.05, 4.69) is 0 Å². The Hall–Kier alpha value is -2.76. The Morgan fingerprint density at radius 1 is 0.909 bits per heavy atom. The first-order valence-electron chi connectivity index (χ1n) is 6.84. The molecule has 0 aliphatic heterocycles. The van der Waals surface area contributed by atoms with Crippen molar-refractivity contribution in [1.82, 2.24) is 0 Å². The number of nitro groups is 1. The summed E-state index contributed by atoms with van der Waals surface area (Å²) in [7, 11) is 1.58. The summed E-state index contributed by atoms with van der Waals surface area (Å²) < 4.78 is 16.2. The van der Waals surface area contributed by atoms with Crippen molar-refractivity contribution in [3.8, 4) is 17.2 Å². The molecule has 0 spiro atoms. The van der Waals surface area contributed by atoms with Gasteiger partial charge in [-0.2, -0.15) is 0 Å². The van der Waals surface area contributed by atoms with Crippen molar-refractivity contribution >= 4 is 5.69 Å². The Kier molecular flexibility index (Phi) is 5.59. The number of hydrogen-bond donors (Lipinski definition) is 0. The van der Waals surface area contributed by atoms with Gasteiger partial charge >= 0.3 is 5.69 Å². The van der Waals surface area contributed by atoms with Crippen LogP contribution in [0.2, 0.25) is 0 Å². The van der Waals surface area contributed by atoms with Crippen LogP contribution in [0.15, 0.2) is 48.5 Å². The molecule has 22 heavy (non-hydrogen) atoms. The van der Waals surface area contributed by atoms with E-state index in [1.165, 1.54) is 6.07 Å². The molecule has 0 radical (unpaired) electrons. The van der Waals surface area contributed by atoms with E-state index in [1.54, 1.807) is 25.3 Å². The molecule has 0 bridgehead atoms. The Morgan fingerprint density at radius 3 is 2.09 bits per heavy atom. The number of nitro benzene ring substituents is 1. The Labute approximate surface area is 128 Å². The van der Waals surface area contributed by atoms with Crippen molar-refractivity contribution in [2.24, 2.45) is 0 Å². The first-order chi connectivity index (χ1) is 10.7. The molecule has 2 aromatic carbocycles. The summed E-state index contributed by atoms with van der Waals surface area (Å²) >= 11 is 0. The third kappa shape index (κ3) is 4.12. The fraction of sp³-hybridized carbons (Fsp3) is 0.250. The highest BCUT2D eigenvalue weighted by atomic mass is 16.6. The predicted octanol–water partition coefficient (Wildman–Crippen LogP) is 3.45. The largest absolute Gasteiger partial charge is 0.493 e. The van der Waals surface area contributed by atoms with Gasteiger partial charge in [0.05, 0.1) is 25.2 Å². The molecule has 0 saturated heterocycles. The maximum absolute atomic E-state index is 10.9. The minimum absolute atomic E-state index is 0.0341. The minimum atomic E-state index is -0.458. The molecular formula is C16H17NO5. The molecule has 2 rings (SSSR count). The van der Waals surface area contributed by atoms with Gasteiger partial charge in [-0.15, -0.1) is 0 Å². The van der Waals surface area contributed by atoms with Gasteiger partial charge < -0.3 is 14.2 Å². The topological polar surface area (TPSA) is 70.8 Å². The molecule has 6 heteroatoms. The van der Waals surface area contributed by atoms with Crippen LogP contribution in [0.25, 0.3) is 0 Å². The predicted molar refractivity (Wildman–Crippen MR) is 81.7 cm³/mol. The van der Waals surface area contributed by atoms with Gasteiger partial charge in [-0.25, -0.2) is 0 Å². The minimum Gasteiger partial charge on any atom is -0.493 e. The number of rotatable bonds is 8. The van der Waals surface area contributed by atoms with Gasteiger partial charge in [0.1, 0.15) is 0 Å². The highest BCUT2D eigenvalue weighted by Gasteiger charge is 2.13. The number of benzene rings is 2. The summed E-state index contributed by atoms with van der Waals surface area (Å²) in [5, 5.41) is 10.9. The molecule has 0 aromatic heterocycles. The van der Waals surface area contributed by atoms with Crippen LogP contribution in [-0.2, 0) is 0 Å². The molecule has 0 aliphatic carbocycles. The zero-order chi connectivity index (χ0) is 15.8. The zero-order valence-electron chi connectivity index (χ0n) is 12.2. The lowest BCUT2D eigenvalue weighted by molar-refractivity contribution is -0.385. The van der Waals surface area contributed by atoms with Gasteiger partial charge in [0.2, 0.25) is 0 Å². The lowest BCUT2D eigenvalue weighted by atomic mass is 10.3. The highest BCUT2D eigenvalue weighted by Crippen LogP contribution is 2.27. The van der Waals surface area contributed by atoms with E-state index < -0.39 is 4.92 Å². The molecule has 0 N–H and O–H groups in total. The summed E-state index contributed by atoms with van der Waals surface area (Å²) in [6.07, 6.45) is 0.601. The second kappa shape index (κ2) is 7.87. The van der Waals surface area contributed by atoms with E-state index in [4.69, 9.17) is 14.2 Å². The number of hydrogen-bond acceptors (Lipinski definition) is 5. The van der Waals surface area contributed by atoms with Gasteiger partial charge in [0.25, 0.3) is 0 Å². The summed E-state index contributed by atoms with van der Waals surface area (Å²) in [6.45, 7) is 0.765. The third-order valence-electron chi connectivity index (χ3n) is 2.93. The first kappa shape index (κ1) is 15.6. The van der Waals surface area contributed by atoms with E-state index in [0.717, 1.165) is 0 Å². The quantitative estimate of drug-likeness (QED) is 0.424. The van der Waals surface area contributed by atoms with Gasteiger partial charge in [-0.1, -0.05) is 24.3 Å². The van der Waals surface area contributed by atoms with Crippen molar-refractivity contribution in [3.63, 3.8) is 0 Å². The van der Waals surface area contributed by atoms with E-state index in [1.807, 2.05) is 24.3 Å². The molecule has 0 atom stereocenters. The Bertz CT molecular complexity index is 629. The molecule has 2 aromatic rings. The van der Waals surface area contributed by atoms with E-state index in [9.17, 15) is 10.1 Å². The first-order valence-corrected chi connectivity index (χ1v) is 6.84. The standard InChI is InChI=1S/C16H17NO5/c1-20-15-9-4-5-10-16(15)22-12-6-11-21-14-8-3-2-7-13(14)17(18)19/h2-5,7-10H,6,11-12H2,1H3. The number of nitrogens with zero attached hydrogens (tertiary/aromatic N) is 1. The summed E-state index contributed by atoms with van der Waals surface area (Å²) in [5.41, 5.74) is -0.0341. The summed E-state index contributed by atoms with van der Waals surface area (Å²) in [6, 6.07) is 13.7. The van der Waals surface area contributed by atoms with E-state index in [0.29, 0.717) is 31.1 Å². The van der Waals surface area contributed by atoms with Gasteiger partial charge in [0.15, 0.2) is 17.2 Å². The van der Waals surface area contributed by atoms with Crippen LogP contribution in [0.1, 0.15) is 6.42 Å². The van der Waals surface area contributed by atoms with Crippen LogP contribution in [0.5, 0.6) is 17.2 Å². The molecule has 0 amide bonds. The van der Waals surface area contributed by atoms with Crippen molar-refractivity contribution in [1.29, 1.82) is 0 Å². The average molecular weight is 303 g/mol. The van der Waals surface area contributed by atoms with Crippen molar-refractivity contribution in [3.05, 3.63) is 58.6 Å². The lowest BCUT2D eigenvalue weighted by Gasteiger charge is -2.10. The zero-order valence-corrected chi connectivity index (χ0v) is 12.2. The molecule has 116 valence electrons. The monoisotopic (exact) mass is 303 g/mol. The van der Waals surface area contributed by atoms with Crippen LogP contribution in [0.3, 0.4) is 0 Å². The fourth-order valence-electron chi connectivity index (χ4n) is 1.89. The number of para-hydroxylation sites is 4. The van der Waals surface area contributed by atoms with Crippen LogP contribution in [0.4, 0.5) is 5.69 Å². The van der Waals surface area contributed by atoms with Gasteiger partial charge in [-0.05, 0) is 18.2 Å². The van der Waals surface area contributed by atoms with Crippen LogP contribution in [0, 0.1) is 10.1 Å². The number of methoxy groups -OCH3 is 1. The molecule has 0 saturated carbocycles. The van der Waals surface area contributed by atoms with Crippen molar-refractivity contribution < 1.29 is 19.1 Å². The third-order valence-corrected chi connectivity index (χ3v) is 2.93. The second-order valence-electron chi connectivity index (χ2n) is 4.43. The Balaban J connectivity index is 1.79. The van der Waals surface area contributed by atoms with Gasteiger partial charge in [0, 0.05) is 12.5 Å². The van der Waals surface area contributed by atoms with E-state index >= 15 is 0 Å². The van der Waals surface area contributed by atoms with Crippen LogP contribution in [-0.4, -0.2) is 25.2 Å². The lowest BCUT2D eigenvalue weighted by Crippen LogP contribution is -2.06.